The van der Waals surface area contributed by atoms with Gasteiger partial charge in [-0.3, -0.25) is 0 Å². The molecule has 0 aliphatic heterocycles. The summed E-state index contributed by atoms with van der Waals surface area (Å²) >= 11 is 3.24. The molecule has 0 fully saturated rings. The fourth-order valence-electron chi connectivity index (χ4n) is 1.41. The zero-order chi connectivity index (χ0) is 14.4. The molecule has 0 heterocycles. The number of amides is 2. The highest BCUT2D eigenvalue weighted by Crippen LogP contribution is 2.26. The van der Waals surface area contributed by atoms with Gasteiger partial charge in [0.2, 0.25) is 0 Å². The van der Waals surface area contributed by atoms with Gasteiger partial charge in [0.1, 0.15) is 0 Å². The van der Waals surface area contributed by atoms with Crippen LogP contribution in [0.15, 0.2) is 22.7 Å². The Morgan fingerprint density at radius 1 is 1.42 bits per heavy atom. The summed E-state index contributed by atoms with van der Waals surface area (Å²) in [5.74, 6) is -1.09. The van der Waals surface area contributed by atoms with Gasteiger partial charge < -0.3 is 20.6 Å². The maximum Gasteiger partial charge on any atom is 0.337 e. The van der Waals surface area contributed by atoms with Gasteiger partial charge in [-0.25, -0.2) is 9.59 Å². The van der Waals surface area contributed by atoms with Gasteiger partial charge in [0, 0.05) is 24.6 Å². The highest BCUT2D eigenvalue weighted by atomic mass is 79.9. The summed E-state index contributed by atoms with van der Waals surface area (Å²) < 4.78 is 0.530. The number of carbonyl (C=O) groups is 2. The van der Waals surface area contributed by atoms with Gasteiger partial charge in [-0.05, 0) is 35.1 Å². The topological polar surface area (TPSA) is 81.7 Å². The average molecular weight is 330 g/mol. The fourth-order valence-corrected chi connectivity index (χ4v) is 1.88. The molecule has 104 valence electrons. The Kier molecular flexibility index (Phi) is 5.78. The number of hydrogen-bond acceptors (Lipinski definition) is 3. The fraction of sp³-hybridized carbons (Fsp3) is 0.333. The van der Waals surface area contributed by atoms with Crippen LogP contribution in [0.2, 0.25) is 0 Å². The van der Waals surface area contributed by atoms with Crippen molar-refractivity contribution in [1.82, 2.24) is 10.2 Å². The molecule has 0 aliphatic rings. The van der Waals surface area contributed by atoms with E-state index >= 15 is 0 Å². The third kappa shape index (κ3) is 4.22. The normalized spacial score (nSPS) is 10.1. The molecule has 1 aromatic carbocycles. The molecule has 7 heteroatoms. The molecule has 0 bridgehead atoms. The summed E-state index contributed by atoms with van der Waals surface area (Å²) in [5.41, 5.74) is 0.307. The minimum Gasteiger partial charge on any atom is -0.478 e. The van der Waals surface area contributed by atoms with Crippen molar-refractivity contribution in [3.8, 4) is 0 Å². The molecule has 0 atom stereocenters. The molecule has 0 aromatic heterocycles. The minimum absolute atomic E-state index is 0.0461. The lowest BCUT2D eigenvalue weighted by molar-refractivity contribution is 0.0698. The van der Waals surface area contributed by atoms with Crippen molar-refractivity contribution < 1.29 is 14.7 Å². The lowest BCUT2D eigenvalue weighted by atomic mass is 10.2. The van der Waals surface area contributed by atoms with Crippen molar-refractivity contribution in [3.63, 3.8) is 0 Å². The molecule has 0 unspecified atom stereocenters. The van der Waals surface area contributed by atoms with E-state index in [1.807, 2.05) is 0 Å². The van der Waals surface area contributed by atoms with Gasteiger partial charge in [-0.2, -0.15) is 0 Å². The number of para-hydroxylation sites is 1. The molecule has 0 radical (unpaired) electrons. The second-order valence-corrected chi connectivity index (χ2v) is 4.78. The van der Waals surface area contributed by atoms with Crippen molar-refractivity contribution in [2.45, 2.75) is 0 Å². The number of benzene rings is 1. The number of nitrogens with zero attached hydrogens (tertiary/aromatic N) is 1. The molecule has 1 aromatic rings. The van der Waals surface area contributed by atoms with Crippen LogP contribution in [-0.4, -0.2) is 49.2 Å². The van der Waals surface area contributed by atoms with Gasteiger partial charge in [0.25, 0.3) is 0 Å². The average Bonchev–Trinajstić information content (AvgIpc) is 2.37. The molecule has 1 rings (SSSR count). The summed E-state index contributed by atoms with van der Waals surface area (Å²) in [5, 5.41) is 14.6. The number of anilines is 1. The molecule has 2 amide bonds. The molecule has 3 N–H and O–H groups in total. The zero-order valence-electron chi connectivity index (χ0n) is 10.7. The van der Waals surface area contributed by atoms with Crippen LogP contribution < -0.4 is 10.6 Å². The second kappa shape index (κ2) is 7.10. The third-order valence-electron chi connectivity index (χ3n) is 2.52. The first kappa shape index (κ1) is 15.5. The predicted molar refractivity (Wildman–Crippen MR) is 76.7 cm³/mol. The number of hydrogen-bond donors (Lipinski definition) is 3. The van der Waals surface area contributed by atoms with Crippen LogP contribution in [0.1, 0.15) is 10.4 Å². The Labute approximate surface area is 119 Å². The molecule has 0 aliphatic carbocycles. The Balaban J connectivity index is 2.87. The van der Waals surface area contributed by atoms with E-state index in [1.54, 1.807) is 26.2 Å². The van der Waals surface area contributed by atoms with E-state index in [0.29, 0.717) is 17.6 Å². The van der Waals surface area contributed by atoms with Gasteiger partial charge in [-0.1, -0.05) is 6.07 Å². The van der Waals surface area contributed by atoms with Gasteiger partial charge in [0.15, 0.2) is 0 Å². The van der Waals surface area contributed by atoms with E-state index in [0.717, 1.165) is 0 Å². The van der Waals surface area contributed by atoms with E-state index in [1.165, 1.54) is 11.0 Å². The highest BCUT2D eigenvalue weighted by molar-refractivity contribution is 9.10. The number of urea groups is 1. The molecule has 0 spiro atoms. The van der Waals surface area contributed by atoms with Crippen LogP contribution in [0.25, 0.3) is 0 Å². The van der Waals surface area contributed by atoms with Gasteiger partial charge in [0.05, 0.1) is 11.3 Å². The van der Waals surface area contributed by atoms with Crippen LogP contribution in [0.3, 0.4) is 0 Å². The Bertz CT molecular complexity index is 479. The van der Waals surface area contributed by atoms with Gasteiger partial charge in [-0.15, -0.1) is 0 Å². The van der Waals surface area contributed by atoms with E-state index in [9.17, 15) is 9.59 Å². The van der Waals surface area contributed by atoms with Crippen LogP contribution in [0.5, 0.6) is 0 Å². The number of likely N-dealkylation sites (N-methyl/N-ethyl adjacent to an activating group) is 2. The van der Waals surface area contributed by atoms with Crippen molar-refractivity contribution in [2.24, 2.45) is 0 Å². The number of carbonyl (C=O) groups excluding carboxylic acids is 1. The number of aromatic carboxylic acids is 1. The summed E-state index contributed by atoms with van der Waals surface area (Å²) in [6, 6.07) is 4.37. The summed E-state index contributed by atoms with van der Waals surface area (Å²) in [7, 11) is 3.44. The zero-order valence-corrected chi connectivity index (χ0v) is 12.3. The monoisotopic (exact) mass is 329 g/mol. The molecule has 19 heavy (non-hydrogen) atoms. The van der Waals surface area contributed by atoms with E-state index < -0.39 is 5.97 Å². The minimum atomic E-state index is -1.09. The van der Waals surface area contributed by atoms with Gasteiger partial charge >= 0.3 is 12.0 Å². The molecular formula is C12H16BrN3O3. The van der Waals surface area contributed by atoms with E-state index in [4.69, 9.17) is 5.11 Å². The van der Waals surface area contributed by atoms with Crippen molar-refractivity contribution in [2.75, 3.05) is 32.5 Å². The Hall–Kier alpha value is -1.60. The van der Waals surface area contributed by atoms with Crippen LogP contribution in [0.4, 0.5) is 10.5 Å². The molecular weight excluding hydrogens is 314 g/mol. The van der Waals surface area contributed by atoms with E-state index in [2.05, 4.69) is 26.6 Å². The van der Waals surface area contributed by atoms with E-state index in [-0.39, 0.29) is 17.3 Å². The molecule has 0 saturated carbocycles. The Morgan fingerprint density at radius 2 is 2.11 bits per heavy atom. The smallest absolute Gasteiger partial charge is 0.337 e. The van der Waals surface area contributed by atoms with Crippen molar-refractivity contribution in [3.05, 3.63) is 28.2 Å². The first-order valence-electron chi connectivity index (χ1n) is 5.66. The molecule has 6 nitrogen and oxygen atoms in total. The lowest BCUT2D eigenvalue weighted by Gasteiger charge is -2.19. The maximum atomic E-state index is 11.9. The Morgan fingerprint density at radius 3 is 2.68 bits per heavy atom. The number of rotatable bonds is 5. The summed E-state index contributed by atoms with van der Waals surface area (Å²) in [4.78, 5) is 24.5. The quantitative estimate of drug-likeness (QED) is 0.769. The molecule has 0 saturated heterocycles. The predicted octanol–water partition coefficient (Wildman–Crippen LogP) is 1.83. The van der Waals surface area contributed by atoms with Crippen LogP contribution in [0, 0.1) is 0 Å². The van der Waals surface area contributed by atoms with Crippen molar-refractivity contribution in [1.29, 1.82) is 0 Å². The standard InChI is InChI=1S/C12H16BrN3O3/c1-14-6-7-16(2)12(19)15-10-8(11(17)18)4-3-5-9(10)13/h3-5,14H,6-7H2,1-2H3,(H,15,19)(H,17,18). The summed E-state index contributed by atoms with van der Waals surface area (Å²) in [6.45, 7) is 1.18. The highest BCUT2D eigenvalue weighted by Gasteiger charge is 2.16. The first-order chi connectivity index (χ1) is 8.97. The largest absolute Gasteiger partial charge is 0.478 e. The lowest BCUT2D eigenvalue weighted by Crippen LogP contribution is -2.36. The SMILES string of the molecule is CNCCN(C)C(=O)Nc1c(Br)cccc1C(=O)O. The number of nitrogens with one attached hydrogen (secondary N) is 2. The maximum absolute atomic E-state index is 11.9. The van der Waals surface area contributed by atoms with Crippen molar-refractivity contribution >= 4 is 33.6 Å². The van der Waals surface area contributed by atoms with Crippen LogP contribution in [-0.2, 0) is 0 Å². The van der Waals surface area contributed by atoms with Crippen LogP contribution >= 0.6 is 15.9 Å². The number of carboxylic acids is 1. The third-order valence-corrected chi connectivity index (χ3v) is 3.18. The first-order valence-corrected chi connectivity index (χ1v) is 6.45. The second-order valence-electron chi connectivity index (χ2n) is 3.92. The number of carboxylic acid groups (broad SMARTS) is 1. The number of halogens is 1. The summed E-state index contributed by atoms with van der Waals surface area (Å²) in [6.07, 6.45) is 0.